The Kier molecular flexibility index (Phi) is 6.00. The first kappa shape index (κ1) is 18.0. The summed E-state index contributed by atoms with van der Waals surface area (Å²) in [5, 5.41) is 14.0. The van der Waals surface area contributed by atoms with Gasteiger partial charge in [-0.05, 0) is 24.6 Å². The summed E-state index contributed by atoms with van der Waals surface area (Å²) in [6.07, 6.45) is -0.441. The zero-order valence-electron chi connectivity index (χ0n) is 12.7. The molecule has 0 radical (unpaired) electrons. The van der Waals surface area contributed by atoms with Crippen molar-refractivity contribution in [1.29, 1.82) is 0 Å². The number of benzene rings is 2. The molecule has 0 bridgehead atoms. The highest BCUT2D eigenvalue weighted by Crippen LogP contribution is 2.28. The average Bonchev–Trinajstić information content (AvgIpc) is 2.55. The molecule has 2 aromatic carbocycles. The number of anilines is 1. The fraction of sp³-hybridized carbons (Fsp3) is 0.188. The van der Waals surface area contributed by atoms with Crippen molar-refractivity contribution in [1.82, 2.24) is 0 Å². The van der Waals surface area contributed by atoms with Gasteiger partial charge in [-0.1, -0.05) is 42.3 Å². The van der Waals surface area contributed by atoms with E-state index in [1.807, 2.05) is 0 Å². The molecule has 8 heteroatoms. The van der Waals surface area contributed by atoms with E-state index in [0.29, 0.717) is 17.2 Å². The third-order valence-electron chi connectivity index (χ3n) is 3.19. The summed E-state index contributed by atoms with van der Waals surface area (Å²) in [5.74, 6) is -0.0916. The van der Waals surface area contributed by atoms with Gasteiger partial charge in [-0.2, -0.15) is 0 Å². The van der Waals surface area contributed by atoms with Crippen molar-refractivity contribution >= 4 is 40.5 Å². The van der Waals surface area contributed by atoms with Gasteiger partial charge in [0.1, 0.15) is 5.75 Å². The molecule has 2 rings (SSSR count). The van der Waals surface area contributed by atoms with E-state index in [0.717, 1.165) is 0 Å². The predicted octanol–water partition coefficient (Wildman–Crippen LogP) is 4.70. The van der Waals surface area contributed by atoms with Gasteiger partial charge in [-0.3, -0.25) is 14.9 Å². The van der Waals surface area contributed by atoms with Gasteiger partial charge >= 0.3 is 0 Å². The van der Waals surface area contributed by atoms with Gasteiger partial charge in [0, 0.05) is 12.1 Å². The van der Waals surface area contributed by atoms with Gasteiger partial charge < -0.3 is 10.1 Å². The van der Waals surface area contributed by atoms with Crippen LogP contribution in [0.5, 0.6) is 5.75 Å². The molecule has 0 fully saturated rings. The summed E-state index contributed by atoms with van der Waals surface area (Å²) >= 11 is 12.0. The van der Waals surface area contributed by atoms with E-state index in [9.17, 15) is 14.9 Å². The van der Waals surface area contributed by atoms with Crippen molar-refractivity contribution < 1.29 is 14.5 Å². The van der Waals surface area contributed by atoms with Crippen LogP contribution in [-0.4, -0.2) is 16.9 Å². The summed E-state index contributed by atoms with van der Waals surface area (Å²) < 4.78 is 5.63. The zero-order chi connectivity index (χ0) is 17.7. The number of nitrogens with one attached hydrogen (secondary N) is 1. The minimum absolute atomic E-state index is 0.150. The highest BCUT2D eigenvalue weighted by molar-refractivity contribution is 6.34. The van der Waals surface area contributed by atoms with Crippen LogP contribution in [0.1, 0.15) is 13.3 Å². The topological polar surface area (TPSA) is 81.5 Å². The number of nitrogens with zero attached hydrogens (tertiary/aromatic N) is 1. The molecule has 0 spiro atoms. The van der Waals surface area contributed by atoms with E-state index in [4.69, 9.17) is 27.9 Å². The normalized spacial score (nSPS) is 11.6. The predicted molar refractivity (Wildman–Crippen MR) is 92.9 cm³/mol. The maximum atomic E-state index is 12.4. The van der Waals surface area contributed by atoms with E-state index in [-0.39, 0.29) is 16.4 Å². The lowest BCUT2D eigenvalue weighted by molar-refractivity contribution is -0.384. The number of nitro groups is 1. The highest BCUT2D eigenvalue weighted by atomic mass is 35.5. The standard InChI is InChI=1S/C16H14Cl2N2O4/c1-2-14(24-15-6-4-3-5-12(15)18)16(21)19-13-9-10(20(22)23)7-8-11(13)17/h3-9,14H,2H2,1H3,(H,19,21)/t14-/m0/s1. The minimum atomic E-state index is -0.819. The molecule has 126 valence electrons. The number of amides is 1. The SMILES string of the molecule is CC[C@H](Oc1ccccc1Cl)C(=O)Nc1cc([N+](=O)[O-])ccc1Cl. The Hall–Kier alpha value is -2.31. The number of ether oxygens (including phenoxy) is 1. The summed E-state index contributed by atoms with van der Waals surface area (Å²) in [7, 11) is 0. The van der Waals surface area contributed by atoms with E-state index in [1.54, 1.807) is 31.2 Å². The third kappa shape index (κ3) is 4.37. The lowest BCUT2D eigenvalue weighted by Gasteiger charge is -2.18. The number of halogens is 2. The Morgan fingerprint density at radius 3 is 2.58 bits per heavy atom. The van der Waals surface area contributed by atoms with E-state index < -0.39 is 16.9 Å². The second-order valence-corrected chi connectivity index (χ2v) is 5.67. The lowest BCUT2D eigenvalue weighted by Crippen LogP contribution is -2.32. The molecule has 0 aromatic heterocycles. The molecular formula is C16H14Cl2N2O4. The van der Waals surface area contributed by atoms with Gasteiger partial charge in [-0.25, -0.2) is 0 Å². The molecule has 0 aliphatic heterocycles. The molecule has 0 heterocycles. The van der Waals surface area contributed by atoms with Crippen molar-refractivity contribution in [2.24, 2.45) is 0 Å². The van der Waals surface area contributed by atoms with Crippen LogP contribution < -0.4 is 10.1 Å². The number of non-ortho nitro benzene ring substituents is 1. The Balaban J connectivity index is 2.16. The minimum Gasteiger partial charge on any atom is -0.479 e. The molecule has 0 saturated heterocycles. The Bertz CT molecular complexity index is 767. The van der Waals surface area contributed by atoms with Crippen LogP contribution in [0.25, 0.3) is 0 Å². The smallest absolute Gasteiger partial charge is 0.271 e. The van der Waals surface area contributed by atoms with Crippen molar-refractivity contribution in [3.05, 3.63) is 62.6 Å². The Labute approximate surface area is 148 Å². The van der Waals surface area contributed by atoms with Gasteiger partial charge in [0.15, 0.2) is 6.10 Å². The molecule has 0 aliphatic rings. The first-order chi connectivity index (χ1) is 11.4. The number of nitro benzene ring substituents is 1. The summed E-state index contributed by atoms with van der Waals surface area (Å²) in [5.41, 5.74) is -0.0214. The van der Waals surface area contributed by atoms with Crippen LogP contribution in [0, 0.1) is 10.1 Å². The molecule has 24 heavy (non-hydrogen) atoms. The highest BCUT2D eigenvalue weighted by Gasteiger charge is 2.21. The van der Waals surface area contributed by atoms with E-state index in [2.05, 4.69) is 5.32 Å². The van der Waals surface area contributed by atoms with Gasteiger partial charge in [-0.15, -0.1) is 0 Å². The number of rotatable bonds is 6. The molecule has 0 aliphatic carbocycles. The summed E-state index contributed by atoms with van der Waals surface area (Å²) in [4.78, 5) is 22.6. The van der Waals surface area contributed by atoms with E-state index >= 15 is 0 Å². The van der Waals surface area contributed by atoms with Gasteiger partial charge in [0.05, 0.1) is 20.7 Å². The Morgan fingerprint density at radius 2 is 1.96 bits per heavy atom. The maximum Gasteiger partial charge on any atom is 0.271 e. The summed E-state index contributed by atoms with van der Waals surface area (Å²) in [6, 6.07) is 10.6. The average molecular weight is 369 g/mol. The number of para-hydroxylation sites is 1. The largest absolute Gasteiger partial charge is 0.479 e. The monoisotopic (exact) mass is 368 g/mol. The van der Waals surface area contributed by atoms with Crippen molar-refractivity contribution in [2.45, 2.75) is 19.4 Å². The molecule has 2 aromatic rings. The number of carbonyl (C=O) groups excluding carboxylic acids is 1. The molecular weight excluding hydrogens is 355 g/mol. The fourth-order valence-corrected chi connectivity index (χ4v) is 2.30. The van der Waals surface area contributed by atoms with Crippen molar-refractivity contribution in [2.75, 3.05) is 5.32 Å². The maximum absolute atomic E-state index is 12.4. The zero-order valence-corrected chi connectivity index (χ0v) is 14.2. The first-order valence-electron chi connectivity index (χ1n) is 7.08. The van der Waals surface area contributed by atoms with Crippen LogP contribution in [0.4, 0.5) is 11.4 Å². The van der Waals surface area contributed by atoms with Crippen molar-refractivity contribution in [3.8, 4) is 5.75 Å². The molecule has 0 saturated carbocycles. The molecule has 0 unspecified atom stereocenters. The van der Waals surface area contributed by atoms with Crippen LogP contribution in [-0.2, 0) is 4.79 Å². The van der Waals surface area contributed by atoms with Gasteiger partial charge in [0.2, 0.25) is 0 Å². The second-order valence-electron chi connectivity index (χ2n) is 4.86. The Morgan fingerprint density at radius 1 is 1.25 bits per heavy atom. The third-order valence-corrected chi connectivity index (χ3v) is 3.83. The quantitative estimate of drug-likeness (QED) is 0.591. The number of carbonyl (C=O) groups is 1. The number of hydrogen-bond acceptors (Lipinski definition) is 4. The van der Waals surface area contributed by atoms with Crippen LogP contribution in [0.2, 0.25) is 10.0 Å². The van der Waals surface area contributed by atoms with Crippen LogP contribution >= 0.6 is 23.2 Å². The molecule has 1 amide bonds. The molecule has 1 N–H and O–H groups in total. The summed E-state index contributed by atoms with van der Waals surface area (Å²) in [6.45, 7) is 1.77. The fourth-order valence-electron chi connectivity index (χ4n) is 1.95. The second kappa shape index (κ2) is 7.99. The van der Waals surface area contributed by atoms with Crippen molar-refractivity contribution in [3.63, 3.8) is 0 Å². The molecule has 6 nitrogen and oxygen atoms in total. The van der Waals surface area contributed by atoms with E-state index in [1.165, 1.54) is 18.2 Å². The van der Waals surface area contributed by atoms with Crippen LogP contribution in [0.3, 0.4) is 0 Å². The van der Waals surface area contributed by atoms with Gasteiger partial charge in [0.25, 0.3) is 11.6 Å². The number of hydrogen-bond donors (Lipinski definition) is 1. The molecule has 1 atom stereocenters. The van der Waals surface area contributed by atoms with Crippen LogP contribution in [0.15, 0.2) is 42.5 Å². The lowest BCUT2D eigenvalue weighted by atomic mass is 10.2. The first-order valence-corrected chi connectivity index (χ1v) is 7.84.